The van der Waals surface area contributed by atoms with E-state index in [2.05, 4.69) is 33.6 Å². The summed E-state index contributed by atoms with van der Waals surface area (Å²) >= 11 is 0. The number of rotatable bonds is 4. The normalized spacial score (nSPS) is 18.9. The van der Waals surface area contributed by atoms with Gasteiger partial charge < -0.3 is 10.6 Å². The monoisotopic (exact) mass is 249 g/mol. The van der Waals surface area contributed by atoms with E-state index in [9.17, 15) is 0 Å². The van der Waals surface area contributed by atoms with Crippen molar-refractivity contribution in [3.63, 3.8) is 0 Å². The second-order valence-electron chi connectivity index (χ2n) is 4.81. The predicted molar refractivity (Wildman–Crippen MR) is 73.5 cm³/mol. The van der Waals surface area contributed by atoms with Gasteiger partial charge in [-0.15, -0.1) is 0 Å². The number of nitrogens with zero attached hydrogens (tertiary/aromatic N) is 4. The van der Waals surface area contributed by atoms with Gasteiger partial charge in [0, 0.05) is 51.2 Å². The highest BCUT2D eigenvalue weighted by molar-refractivity contribution is 5.43. The molecule has 1 aliphatic heterocycles. The average molecular weight is 249 g/mol. The van der Waals surface area contributed by atoms with Crippen molar-refractivity contribution < 1.29 is 0 Å². The fourth-order valence-corrected chi connectivity index (χ4v) is 2.40. The van der Waals surface area contributed by atoms with Crippen molar-refractivity contribution in [1.29, 1.82) is 0 Å². The maximum absolute atomic E-state index is 5.71. The molecule has 1 atom stereocenters. The Kier molecular flexibility index (Phi) is 4.49. The summed E-state index contributed by atoms with van der Waals surface area (Å²) in [4.78, 5) is 13.6. The lowest BCUT2D eigenvalue weighted by Gasteiger charge is -2.38. The largest absolute Gasteiger partial charge is 0.353 e. The first-order chi connectivity index (χ1) is 8.76. The number of aromatic nitrogens is 2. The summed E-state index contributed by atoms with van der Waals surface area (Å²) in [5, 5.41) is 0. The first kappa shape index (κ1) is 13.2. The Labute approximate surface area is 109 Å². The van der Waals surface area contributed by atoms with Crippen molar-refractivity contribution in [3.8, 4) is 0 Å². The predicted octanol–water partition coefficient (Wildman–Crippen LogP) is 0.856. The van der Waals surface area contributed by atoms with Gasteiger partial charge in [0.15, 0.2) is 5.82 Å². The Bertz CT molecular complexity index is 373. The molecule has 1 saturated heterocycles. The molecule has 0 aromatic carbocycles. The van der Waals surface area contributed by atoms with Crippen molar-refractivity contribution in [2.24, 2.45) is 5.73 Å². The van der Waals surface area contributed by atoms with Crippen LogP contribution in [0.3, 0.4) is 0 Å². The molecule has 100 valence electrons. The van der Waals surface area contributed by atoms with Crippen molar-refractivity contribution >= 4 is 5.82 Å². The highest BCUT2D eigenvalue weighted by atomic mass is 15.3. The Morgan fingerprint density at radius 3 is 2.50 bits per heavy atom. The van der Waals surface area contributed by atoms with Crippen LogP contribution in [-0.4, -0.2) is 47.1 Å². The van der Waals surface area contributed by atoms with E-state index in [0.29, 0.717) is 12.6 Å². The minimum Gasteiger partial charge on any atom is -0.353 e. The molecule has 1 unspecified atom stereocenters. The van der Waals surface area contributed by atoms with Crippen LogP contribution < -0.4 is 10.6 Å². The average Bonchev–Trinajstić information content (AvgIpc) is 2.46. The minimum absolute atomic E-state index is 0.453. The van der Waals surface area contributed by atoms with E-state index in [-0.39, 0.29) is 0 Å². The van der Waals surface area contributed by atoms with Gasteiger partial charge in [0.05, 0.1) is 5.69 Å². The SMILES string of the molecule is CCC(C)N1CCN(c2nccnc2CN)CC1. The standard InChI is InChI=1S/C13H23N5/c1-3-11(2)17-6-8-18(9-7-17)13-12(10-14)15-4-5-16-13/h4-5,11H,3,6-10,14H2,1-2H3. The lowest BCUT2D eigenvalue weighted by Crippen LogP contribution is -2.50. The highest BCUT2D eigenvalue weighted by Crippen LogP contribution is 2.17. The zero-order chi connectivity index (χ0) is 13.0. The molecule has 1 aromatic rings. The molecule has 18 heavy (non-hydrogen) atoms. The minimum atomic E-state index is 0.453. The molecule has 5 nitrogen and oxygen atoms in total. The van der Waals surface area contributed by atoms with Crippen LogP contribution in [-0.2, 0) is 6.54 Å². The summed E-state index contributed by atoms with van der Waals surface area (Å²) in [5.41, 5.74) is 6.61. The smallest absolute Gasteiger partial charge is 0.151 e. The van der Waals surface area contributed by atoms with Crippen LogP contribution in [0.4, 0.5) is 5.82 Å². The number of piperazine rings is 1. The molecule has 2 rings (SSSR count). The Hall–Kier alpha value is -1.20. The summed E-state index contributed by atoms with van der Waals surface area (Å²) in [5.74, 6) is 0.962. The maximum Gasteiger partial charge on any atom is 0.151 e. The van der Waals surface area contributed by atoms with Crippen molar-refractivity contribution in [3.05, 3.63) is 18.1 Å². The molecule has 5 heteroatoms. The van der Waals surface area contributed by atoms with Gasteiger partial charge in [0.1, 0.15) is 0 Å². The molecule has 1 fully saturated rings. The van der Waals surface area contributed by atoms with Crippen molar-refractivity contribution in [2.45, 2.75) is 32.9 Å². The summed E-state index contributed by atoms with van der Waals surface area (Å²) < 4.78 is 0. The van der Waals surface area contributed by atoms with Crippen LogP contribution in [0.15, 0.2) is 12.4 Å². The topological polar surface area (TPSA) is 58.3 Å². The van der Waals surface area contributed by atoms with E-state index >= 15 is 0 Å². The zero-order valence-electron chi connectivity index (χ0n) is 11.3. The Morgan fingerprint density at radius 1 is 1.22 bits per heavy atom. The van der Waals surface area contributed by atoms with Crippen molar-refractivity contribution in [2.75, 3.05) is 31.1 Å². The van der Waals surface area contributed by atoms with Crippen molar-refractivity contribution in [1.82, 2.24) is 14.9 Å². The quantitative estimate of drug-likeness (QED) is 0.857. The van der Waals surface area contributed by atoms with Gasteiger partial charge in [-0.2, -0.15) is 0 Å². The number of anilines is 1. The van der Waals surface area contributed by atoms with E-state index in [0.717, 1.165) is 37.7 Å². The lowest BCUT2D eigenvalue weighted by molar-refractivity contribution is 0.192. The third kappa shape index (κ3) is 2.79. The van der Waals surface area contributed by atoms with E-state index in [1.54, 1.807) is 12.4 Å². The van der Waals surface area contributed by atoms with E-state index in [1.807, 2.05) is 0 Å². The summed E-state index contributed by atoms with van der Waals surface area (Å²) in [6.07, 6.45) is 4.66. The Morgan fingerprint density at radius 2 is 1.89 bits per heavy atom. The number of nitrogens with two attached hydrogens (primary N) is 1. The molecule has 0 aliphatic carbocycles. The van der Waals surface area contributed by atoms with Gasteiger partial charge in [0.2, 0.25) is 0 Å². The van der Waals surface area contributed by atoms with E-state index in [4.69, 9.17) is 5.73 Å². The fourth-order valence-electron chi connectivity index (χ4n) is 2.40. The van der Waals surface area contributed by atoms with Crippen LogP contribution in [0.1, 0.15) is 26.0 Å². The van der Waals surface area contributed by atoms with E-state index < -0.39 is 0 Å². The molecule has 1 aliphatic rings. The molecule has 0 bridgehead atoms. The van der Waals surface area contributed by atoms with Crippen LogP contribution in [0, 0.1) is 0 Å². The summed E-state index contributed by atoms with van der Waals surface area (Å²) in [6, 6.07) is 0.669. The van der Waals surface area contributed by atoms with Gasteiger partial charge >= 0.3 is 0 Å². The van der Waals surface area contributed by atoms with Crippen LogP contribution >= 0.6 is 0 Å². The number of hydrogen-bond donors (Lipinski definition) is 1. The van der Waals surface area contributed by atoms with Gasteiger partial charge in [-0.25, -0.2) is 4.98 Å². The van der Waals surface area contributed by atoms with Crippen LogP contribution in [0.2, 0.25) is 0 Å². The van der Waals surface area contributed by atoms with Gasteiger partial charge in [-0.1, -0.05) is 6.92 Å². The first-order valence-corrected chi connectivity index (χ1v) is 6.75. The summed E-state index contributed by atoms with van der Waals surface area (Å²) in [7, 11) is 0. The van der Waals surface area contributed by atoms with Gasteiger partial charge in [-0.05, 0) is 13.3 Å². The van der Waals surface area contributed by atoms with Crippen LogP contribution in [0.5, 0.6) is 0 Å². The molecule has 2 heterocycles. The fraction of sp³-hybridized carbons (Fsp3) is 0.692. The molecule has 1 aromatic heterocycles. The molecule has 0 radical (unpaired) electrons. The van der Waals surface area contributed by atoms with Gasteiger partial charge in [0.25, 0.3) is 0 Å². The maximum atomic E-state index is 5.71. The lowest BCUT2D eigenvalue weighted by atomic mass is 10.2. The van der Waals surface area contributed by atoms with Crippen LogP contribution in [0.25, 0.3) is 0 Å². The third-order valence-corrected chi connectivity index (χ3v) is 3.77. The van der Waals surface area contributed by atoms with Gasteiger partial charge in [-0.3, -0.25) is 9.88 Å². The Balaban J connectivity index is 2.01. The summed E-state index contributed by atoms with van der Waals surface area (Å²) in [6.45, 7) is 9.20. The first-order valence-electron chi connectivity index (χ1n) is 6.75. The molecule has 2 N–H and O–H groups in total. The zero-order valence-corrected chi connectivity index (χ0v) is 11.3. The third-order valence-electron chi connectivity index (χ3n) is 3.77. The molecular formula is C13H23N5. The molecule has 0 saturated carbocycles. The molecular weight excluding hydrogens is 226 g/mol. The van der Waals surface area contributed by atoms with E-state index in [1.165, 1.54) is 6.42 Å². The number of hydrogen-bond acceptors (Lipinski definition) is 5. The highest BCUT2D eigenvalue weighted by Gasteiger charge is 2.22. The molecule has 0 spiro atoms. The molecule has 0 amide bonds. The second-order valence-corrected chi connectivity index (χ2v) is 4.81. The second kappa shape index (κ2) is 6.11.